The molecule has 0 aliphatic heterocycles. The van der Waals surface area contributed by atoms with Gasteiger partial charge in [0, 0.05) is 24.8 Å². The van der Waals surface area contributed by atoms with E-state index in [0.29, 0.717) is 6.04 Å². The van der Waals surface area contributed by atoms with Gasteiger partial charge in [-0.3, -0.25) is 4.68 Å². The highest BCUT2D eigenvalue weighted by molar-refractivity contribution is 5.10. The number of hydrogen-bond acceptors (Lipinski definition) is 2. The second-order valence-electron chi connectivity index (χ2n) is 4.42. The molecule has 1 N–H and O–H groups in total. The summed E-state index contributed by atoms with van der Waals surface area (Å²) in [5.74, 6) is 0.771. The minimum absolute atomic E-state index is 0.445. The van der Waals surface area contributed by atoms with Gasteiger partial charge in [-0.25, -0.2) is 0 Å². The minimum Gasteiger partial charge on any atom is -0.313 e. The molecule has 3 heteroatoms. The van der Waals surface area contributed by atoms with Crippen molar-refractivity contribution in [2.45, 2.75) is 39.2 Å². The Bertz CT molecular complexity index is 280. The van der Waals surface area contributed by atoms with Crippen LogP contribution in [0.15, 0.2) is 12.4 Å². The summed E-state index contributed by atoms with van der Waals surface area (Å²) in [5, 5.41) is 7.58. The minimum atomic E-state index is 0.445. The summed E-state index contributed by atoms with van der Waals surface area (Å²) in [6, 6.07) is 0.445. The number of rotatable bonds is 6. The van der Waals surface area contributed by atoms with Gasteiger partial charge in [0.05, 0.1) is 6.20 Å². The van der Waals surface area contributed by atoms with Crippen molar-refractivity contribution < 1.29 is 0 Å². The van der Waals surface area contributed by atoms with Crippen molar-refractivity contribution in [1.82, 2.24) is 15.1 Å². The molecular weight excluding hydrogens is 186 g/mol. The van der Waals surface area contributed by atoms with Gasteiger partial charge >= 0.3 is 0 Å². The van der Waals surface area contributed by atoms with Crippen LogP contribution in [0, 0.1) is 5.92 Å². The van der Waals surface area contributed by atoms with Gasteiger partial charge in [-0.1, -0.05) is 26.7 Å². The summed E-state index contributed by atoms with van der Waals surface area (Å²) in [7, 11) is 3.99. The predicted molar refractivity (Wildman–Crippen MR) is 63.7 cm³/mol. The molecule has 2 atom stereocenters. The van der Waals surface area contributed by atoms with Gasteiger partial charge in [-0.15, -0.1) is 0 Å². The van der Waals surface area contributed by atoms with E-state index in [1.807, 2.05) is 25.0 Å². The maximum absolute atomic E-state index is 4.22. The molecule has 1 aromatic rings. The van der Waals surface area contributed by atoms with E-state index >= 15 is 0 Å². The lowest BCUT2D eigenvalue weighted by atomic mass is 9.94. The van der Waals surface area contributed by atoms with Crippen LogP contribution >= 0.6 is 0 Å². The second-order valence-corrected chi connectivity index (χ2v) is 4.42. The molecule has 0 aliphatic carbocycles. The fourth-order valence-corrected chi connectivity index (χ4v) is 2.05. The fourth-order valence-electron chi connectivity index (χ4n) is 2.05. The van der Waals surface area contributed by atoms with Crippen LogP contribution in [0.25, 0.3) is 0 Å². The van der Waals surface area contributed by atoms with Crippen molar-refractivity contribution in [3.8, 4) is 0 Å². The summed E-state index contributed by atoms with van der Waals surface area (Å²) in [5.41, 5.74) is 1.29. The normalized spacial score (nSPS) is 15.2. The molecule has 0 bridgehead atoms. The molecule has 2 unspecified atom stereocenters. The van der Waals surface area contributed by atoms with Crippen molar-refractivity contribution in [2.75, 3.05) is 7.05 Å². The topological polar surface area (TPSA) is 29.9 Å². The fraction of sp³-hybridized carbons (Fsp3) is 0.750. The van der Waals surface area contributed by atoms with Crippen LogP contribution < -0.4 is 5.32 Å². The molecule has 0 spiro atoms. The van der Waals surface area contributed by atoms with E-state index in [2.05, 4.69) is 30.5 Å². The van der Waals surface area contributed by atoms with Gasteiger partial charge in [0.1, 0.15) is 0 Å². The van der Waals surface area contributed by atoms with Gasteiger partial charge in [0.2, 0.25) is 0 Å². The Morgan fingerprint density at radius 1 is 1.53 bits per heavy atom. The molecule has 0 aromatic carbocycles. The van der Waals surface area contributed by atoms with Crippen LogP contribution in [-0.4, -0.2) is 16.8 Å². The highest BCUT2D eigenvalue weighted by Crippen LogP contribution is 2.22. The molecule has 86 valence electrons. The Kier molecular flexibility index (Phi) is 4.82. The third-order valence-electron chi connectivity index (χ3n) is 2.90. The largest absolute Gasteiger partial charge is 0.313 e. The molecule has 0 amide bonds. The first-order valence-corrected chi connectivity index (χ1v) is 5.83. The monoisotopic (exact) mass is 209 g/mol. The lowest BCUT2D eigenvalue weighted by Crippen LogP contribution is -2.18. The maximum Gasteiger partial charge on any atom is 0.0537 e. The predicted octanol–water partition coefficient (Wildman–Crippen LogP) is 2.51. The first-order valence-electron chi connectivity index (χ1n) is 5.83. The molecule has 0 radical (unpaired) electrons. The van der Waals surface area contributed by atoms with Gasteiger partial charge in [0.15, 0.2) is 0 Å². The first kappa shape index (κ1) is 12.2. The Balaban J connectivity index is 2.56. The van der Waals surface area contributed by atoms with E-state index in [9.17, 15) is 0 Å². The van der Waals surface area contributed by atoms with Gasteiger partial charge in [-0.05, 0) is 19.4 Å². The highest BCUT2D eigenvalue weighted by atomic mass is 15.2. The van der Waals surface area contributed by atoms with E-state index in [4.69, 9.17) is 0 Å². The average molecular weight is 209 g/mol. The third-order valence-corrected chi connectivity index (χ3v) is 2.90. The summed E-state index contributed by atoms with van der Waals surface area (Å²) in [4.78, 5) is 0. The van der Waals surface area contributed by atoms with E-state index in [1.165, 1.54) is 24.8 Å². The van der Waals surface area contributed by atoms with Gasteiger partial charge in [-0.2, -0.15) is 5.10 Å². The lowest BCUT2D eigenvalue weighted by Gasteiger charge is -2.18. The molecule has 1 aromatic heterocycles. The Morgan fingerprint density at radius 3 is 2.73 bits per heavy atom. The number of nitrogens with one attached hydrogen (secondary N) is 1. The van der Waals surface area contributed by atoms with Crippen LogP contribution in [-0.2, 0) is 7.05 Å². The number of aryl methyl sites for hydroxylation is 1. The lowest BCUT2D eigenvalue weighted by molar-refractivity contribution is 0.407. The molecule has 0 saturated heterocycles. The van der Waals surface area contributed by atoms with Crippen molar-refractivity contribution in [3.63, 3.8) is 0 Å². The number of nitrogens with zero attached hydrogens (tertiary/aromatic N) is 2. The molecule has 0 fully saturated rings. The zero-order chi connectivity index (χ0) is 11.3. The maximum atomic E-state index is 4.22. The molecule has 15 heavy (non-hydrogen) atoms. The summed E-state index contributed by atoms with van der Waals surface area (Å²) >= 11 is 0. The van der Waals surface area contributed by atoms with Crippen LogP contribution in [0.2, 0.25) is 0 Å². The standard InChI is InChI=1S/C12H23N3/c1-5-6-10(2)7-12(13-3)11-8-14-15(4)9-11/h8-10,12-13H,5-7H2,1-4H3. The first-order chi connectivity index (χ1) is 7.17. The molecular formula is C12H23N3. The summed E-state index contributed by atoms with van der Waals surface area (Å²) < 4.78 is 1.87. The van der Waals surface area contributed by atoms with Crippen LogP contribution in [0.4, 0.5) is 0 Å². The average Bonchev–Trinajstić information content (AvgIpc) is 2.61. The highest BCUT2D eigenvalue weighted by Gasteiger charge is 2.14. The van der Waals surface area contributed by atoms with Crippen LogP contribution in [0.5, 0.6) is 0 Å². The Hall–Kier alpha value is -0.830. The molecule has 0 saturated carbocycles. The van der Waals surface area contributed by atoms with Crippen molar-refractivity contribution in [1.29, 1.82) is 0 Å². The molecule has 1 rings (SSSR count). The molecule has 1 heterocycles. The zero-order valence-electron chi connectivity index (χ0n) is 10.3. The van der Waals surface area contributed by atoms with Gasteiger partial charge < -0.3 is 5.32 Å². The second kappa shape index (κ2) is 5.91. The van der Waals surface area contributed by atoms with Crippen molar-refractivity contribution >= 4 is 0 Å². The van der Waals surface area contributed by atoms with Crippen LogP contribution in [0.1, 0.15) is 44.7 Å². The Labute approximate surface area is 92.9 Å². The zero-order valence-corrected chi connectivity index (χ0v) is 10.3. The molecule has 0 aliphatic rings. The third kappa shape index (κ3) is 3.67. The van der Waals surface area contributed by atoms with Crippen LogP contribution in [0.3, 0.4) is 0 Å². The van der Waals surface area contributed by atoms with E-state index in [1.54, 1.807) is 0 Å². The van der Waals surface area contributed by atoms with Crippen molar-refractivity contribution in [2.24, 2.45) is 13.0 Å². The van der Waals surface area contributed by atoms with Gasteiger partial charge in [0.25, 0.3) is 0 Å². The van der Waals surface area contributed by atoms with E-state index in [-0.39, 0.29) is 0 Å². The quantitative estimate of drug-likeness (QED) is 0.780. The van der Waals surface area contributed by atoms with E-state index in [0.717, 1.165) is 5.92 Å². The number of hydrogen-bond donors (Lipinski definition) is 1. The number of aromatic nitrogens is 2. The molecule has 3 nitrogen and oxygen atoms in total. The Morgan fingerprint density at radius 2 is 2.27 bits per heavy atom. The van der Waals surface area contributed by atoms with E-state index < -0.39 is 0 Å². The summed E-state index contributed by atoms with van der Waals surface area (Å²) in [6.45, 7) is 4.57. The SMILES string of the molecule is CCCC(C)CC(NC)c1cnn(C)c1. The summed E-state index contributed by atoms with van der Waals surface area (Å²) in [6.07, 6.45) is 7.82. The smallest absolute Gasteiger partial charge is 0.0537 e. The van der Waals surface area contributed by atoms with Crippen molar-refractivity contribution in [3.05, 3.63) is 18.0 Å².